The summed E-state index contributed by atoms with van der Waals surface area (Å²) in [5.41, 5.74) is 17.9. The number of thiophene rings is 1. The van der Waals surface area contributed by atoms with Gasteiger partial charge < -0.3 is 20.6 Å². The minimum absolute atomic E-state index is 0.0188. The molecule has 0 spiro atoms. The van der Waals surface area contributed by atoms with Crippen molar-refractivity contribution in [3.63, 3.8) is 0 Å². The summed E-state index contributed by atoms with van der Waals surface area (Å²) in [6.07, 6.45) is 47.5. The normalized spacial score (nSPS) is 17.7. The standard InChI is InChI=1S/C64H102N4O2S2/c1-11-17-21-23-25-29-33-47(31-27-19-13-3)35-37-49-51-45-56(53-39-40-54(69-53)61(65)67-68-62(66)55-41-42-57(70-55)63(7,8)43-15-5)71-59(51)50(52-46-58(72-60(49)52)64(9,10)44-16-6)38-36-48(32-28-20-14-4)34-30-26-24-22-18-12-2/h15-16,39-41,43-45,47-48,57-58H,11-14,17-38,42,46H2,1-10H3,(H2,65,67)(H2,66,68). The molecule has 4 atom stereocenters. The molecule has 4 unspecified atom stereocenters. The Kier molecular flexibility index (Phi) is 25.7. The van der Waals surface area contributed by atoms with Crippen LogP contribution >= 0.6 is 23.1 Å². The minimum atomic E-state index is -0.132. The third kappa shape index (κ3) is 17.7. The van der Waals surface area contributed by atoms with Crippen molar-refractivity contribution in [1.82, 2.24) is 0 Å². The Bertz CT molecular complexity index is 2140. The molecule has 72 heavy (non-hydrogen) atoms. The van der Waals surface area contributed by atoms with Crippen LogP contribution in [0, 0.1) is 22.7 Å². The summed E-state index contributed by atoms with van der Waals surface area (Å²) in [5, 5.41) is 10.7. The first kappa shape index (κ1) is 59.6. The minimum Gasteiger partial charge on any atom is -0.486 e. The zero-order valence-electron chi connectivity index (χ0n) is 47.4. The van der Waals surface area contributed by atoms with E-state index >= 15 is 0 Å². The van der Waals surface area contributed by atoms with Gasteiger partial charge in [0.25, 0.3) is 0 Å². The molecule has 0 saturated carbocycles. The number of nitrogens with two attached hydrogens (primary N) is 2. The number of amidine groups is 2. The lowest BCUT2D eigenvalue weighted by atomic mass is 9.82. The molecule has 0 aliphatic carbocycles. The van der Waals surface area contributed by atoms with Crippen molar-refractivity contribution in [3.8, 4) is 10.6 Å². The number of unbranched alkanes of at least 4 members (excludes halogenated alkanes) is 14. The first-order chi connectivity index (χ1) is 34.8. The molecule has 2 aliphatic rings. The molecular weight excluding hydrogens is 921 g/mol. The number of furan rings is 1. The third-order valence-electron chi connectivity index (χ3n) is 16.1. The number of benzene rings is 1. The summed E-state index contributed by atoms with van der Waals surface area (Å²) < 4.78 is 14.4. The highest BCUT2D eigenvalue weighted by Crippen LogP contribution is 2.53. The molecule has 1 aromatic carbocycles. The fourth-order valence-corrected chi connectivity index (χ4v) is 14.4. The summed E-state index contributed by atoms with van der Waals surface area (Å²) in [6.45, 7) is 22.9. The van der Waals surface area contributed by atoms with Crippen molar-refractivity contribution in [1.29, 1.82) is 0 Å². The van der Waals surface area contributed by atoms with E-state index in [1.807, 2.05) is 30.4 Å². The number of fused-ring (bicyclic) bond motifs is 2. The monoisotopic (exact) mass is 1020 g/mol. The second-order valence-corrected chi connectivity index (χ2v) is 25.3. The molecule has 5 rings (SSSR count). The van der Waals surface area contributed by atoms with Crippen LogP contribution < -0.4 is 11.5 Å². The highest BCUT2D eigenvalue weighted by atomic mass is 32.2. The summed E-state index contributed by atoms with van der Waals surface area (Å²) in [5.74, 6) is 3.84. The van der Waals surface area contributed by atoms with Gasteiger partial charge in [-0.1, -0.05) is 221 Å². The van der Waals surface area contributed by atoms with E-state index in [2.05, 4.69) is 121 Å². The Balaban J connectivity index is 1.53. The van der Waals surface area contributed by atoms with E-state index in [9.17, 15) is 0 Å². The van der Waals surface area contributed by atoms with Gasteiger partial charge >= 0.3 is 0 Å². The molecule has 4 N–H and O–H groups in total. The van der Waals surface area contributed by atoms with E-state index in [4.69, 9.17) is 20.6 Å². The maximum atomic E-state index is 6.62. The summed E-state index contributed by atoms with van der Waals surface area (Å²) in [4.78, 5) is 2.77. The molecule has 2 aromatic heterocycles. The predicted octanol–water partition coefficient (Wildman–Crippen LogP) is 19.8. The number of allylic oxidation sites excluding steroid dienone is 3. The third-order valence-corrected chi connectivity index (χ3v) is 19.1. The quantitative estimate of drug-likeness (QED) is 0.0199. The van der Waals surface area contributed by atoms with Crippen LogP contribution in [0.1, 0.15) is 252 Å². The predicted molar refractivity (Wildman–Crippen MR) is 318 cm³/mol. The van der Waals surface area contributed by atoms with E-state index in [1.54, 1.807) is 21.6 Å². The van der Waals surface area contributed by atoms with E-state index in [0.717, 1.165) is 48.2 Å². The summed E-state index contributed by atoms with van der Waals surface area (Å²) in [6, 6.07) is 6.49. The van der Waals surface area contributed by atoms with Crippen molar-refractivity contribution in [2.45, 2.75) is 265 Å². The van der Waals surface area contributed by atoms with Gasteiger partial charge in [0, 0.05) is 26.7 Å². The fourth-order valence-electron chi connectivity index (χ4n) is 11.5. The molecule has 8 heteroatoms. The number of thioether (sulfide) groups is 1. The Hall–Kier alpha value is -3.23. The van der Waals surface area contributed by atoms with E-state index in [-0.39, 0.29) is 28.6 Å². The molecule has 402 valence electrons. The average molecular weight is 1020 g/mol. The van der Waals surface area contributed by atoms with Crippen LogP contribution in [0.2, 0.25) is 0 Å². The van der Waals surface area contributed by atoms with Crippen molar-refractivity contribution < 1.29 is 9.15 Å². The molecule has 4 heterocycles. The molecule has 3 aromatic rings. The smallest absolute Gasteiger partial charge is 0.189 e. The number of hydrogen-bond acceptors (Lipinski definition) is 6. The number of ether oxygens (including phenoxy) is 1. The average Bonchev–Trinajstić information content (AvgIpc) is 4.21. The van der Waals surface area contributed by atoms with Crippen LogP contribution in [0.25, 0.3) is 20.7 Å². The molecule has 2 aliphatic heterocycles. The van der Waals surface area contributed by atoms with E-state index in [1.165, 1.54) is 164 Å². The van der Waals surface area contributed by atoms with Gasteiger partial charge in [0.2, 0.25) is 0 Å². The van der Waals surface area contributed by atoms with Gasteiger partial charge in [0.15, 0.2) is 23.2 Å². The molecule has 0 bridgehead atoms. The maximum Gasteiger partial charge on any atom is 0.189 e. The maximum absolute atomic E-state index is 6.62. The number of aryl methyl sites for hydroxylation is 2. The first-order valence-corrected chi connectivity index (χ1v) is 31.2. The first-order valence-electron chi connectivity index (χ1n) is 29.5. The summed E-state index contributed by atoms with van der Waals surface area (Å²) >= 11 is 4.15. The zero-order chi connectivity index (χ0) is 51.9. The van der Waals surface area contributed by atoms with Gasteiger partial charge in [0.05, 0.1) is 4.88 Å². The van der Waals surface area contributed by atoms with Crippen molar-refractivity contribution in [3.05, 3.63) is 76.8 Å². The molecule has 6 nitrogen and oxygen atoms in total. The Morgan fingerprint density at radius 3 is 1.76 bits per heavy atom. The number of rotatable bonds is 36. The Morgan fingerprint density at radius 1 is 0.667 bits per heavy atom. The molecule has 0 amide bonds. The van der Waals surface area contributed by atoms with Crippen molar-refractivity contribution in [2.75, 3.05) is 0 Å². The van der Waals surface area contributed by atoms with Crippen LogP contribution in [-0.2, 0) is 24.0 Å². The fraction of sp³-hybridized carbons (Fsp3) is 0.688. The second kappa shape index (κ2) is 31.0. The van der Waals surface area contributed by atoms with Crippen LogP contribution in [0.4, 0.5) is 0 Å². The second-order valence-electron chi connectivity index (χ2n) is 23.0. The van der Waals surface area contributed by atoms with E-state index in [0.29, 0.717) is 16.8 Å². The lowest BCUT2D eigenvalue weighted by molar-refractivity contribution is 0.0744. The van der Waals surface area contributed by atoms with Crippen molar-refractivity contribution in [2.24, 2.45) is 44.3 Å². The van der Waals surface area contributed by atoms with Gasteiger partial charge in [-0.3, -0.25) is 0 Å². The Morgan fingerprint density at radius 2 is 1.18 bits per heavy atom. The molecule has 0 radical (unpaired) electrons. The molecule has 0 fully saturated rings. The topological polar surface area (TPSA) is 99.1 Å². The number of nitrogens with zero attached hydrogens (tertiary/aromatic N) is 2. The largest absolute Gasteiger partial charge is 0.486 e. The number of hydrogen-bond donors (Lipinski definition) is 2. The van der Waals surface area contributed by atoms with Gasteiger partial charge in [-0.25, -0.2) is 0 Å². The van der Waals surface area contributed by atoms with Gasteiger partial charge in [-0.15, -0.1) is 33.3 Å². The SMILES string of the molecule is CC=CC(C)(C)C1CC=C(/C(N)=N/N=C(\N)c2ccc(-c3cc4c(CCC(CCCCC)CCCCCCCC)c5c(c(CCC(CCCCC)CCCCCCCC)c4s3)CC(C(C)(C)C=CC)S5)o2)O1. The van der Waals surface area contributed by atoms with Crippen LogP contribution in [0.3, 0.4) is 0 Å². The molecule has 0 saturated heterocycles. The van der Waals surface area contributed by atoms with Gasteiger partial charge in [0.1, 0.15) is 11.9 Å². The molecular formula is C64H102N4O2S2. The van der Waals surface area contributed by atoms with Crippen LogP contribution in [-0.4, -0.2) is 23.0 Å². The Labute approximate surface area is 448 Å². The highest BCUT2D eigenvalue weighted by Gasteiger charge is 2.38. The van der Waals surface area contributed by atoms with Crippen molar-refractivity contribution >= 4 is 44.9 Å². The van der Waals surface area contributed by atoms with Crippen LogP contribution in [0.15, 0.2) is 73.9 Å². The van der Waals surface area contributed by atoms with Gasteiger partial charge in [-0.2, -0.15) is 0 Å². The van der Waals surface area contributed by atoms with Crippen LogP contribution in [0.5, 0.6) is 0 Å². The van der Waals surface area contributed by atoms with Gasteiger partial charge in [-0.05, 0) is 110 Å². The zero-order valence-corrected chi connectivity index (χ0v) is 49.0. The summed E-state index contributed by atoms with van der Waals surface area (Å²) in [7, 11) is 0. The van der Waals surface area contributed by atoms with E-state index < -0.39 is 0 Å². The lowest BCUT2D eigenvalue weighted by Gasteiger charge is -2.28. The highest BCUT2D eigenvalue weighted by molar-refractivity contribution is 8.00. The lowest BCUT2D eigenvalue weighted by Crippen LogP contribution is -2.28.